The monoisotopic (exact) mass is 423 g/mol. The van der Waals surface area contributed by atoms with E-state index in [0.29, 0.717) is 0 Å². The molecule has 0 fully saturated rings. The Balaban J connectivity index is 1.65. The number of hydrogen-bond donors (Lipinski definition) is 0. The standard InChI is InChI=1S/C26H18BrN/c27-23-17-13-21(14-18-23)11-12-22-15-19-26(20-16-22)28(24-7-3-1-4-8-24)25-9-5-2-6-10-25/h1-10,13-20H. The quantitative estimate of drug-likeness (QED) is 0.312. The zero-order chi connectivity index (χ0) is 19.2. The van der Waals surface area contributed by atoms with Gasteiger partial charge in [-0.1, -0.05) is 64.2 Å². The third-order valence-corrected chi connectivity index (χ3v) is 4.88. The molecule has 0 saturated heterocycles. The number of para-hydroxylation sites is 2. The molecule has 0 aromatic heterocycles. The first-order valence-corrected chi connectivity index (χ1v) is 9.87. The lowest BCUT2D eigenvalue weighted by Crippen LogP contribution is -2.09. The Kier molecular flexibility index (Phi) is 5.56. The van der Waals surface area contributed by atoms with Gasteiger partial charge >= 0.3 is 0 Å². The Hall–Kier alpha value is -3.28. The first-order valence-electron chi connectivity index (χ1n) is 9.07. The first kappa shape index (κ1) is 18.1. The molecule has 28 heavy (non-hydrogen) atoms. The van der Waals surface area contributed by atoms with Crippen LogP contribution < -0.4 is 4.90 Å². The number of nitrogens with zero attached hydrogens (tertiary/aromatic N) is 1. The summed E-state index contributed by atoms with van der Waals surface area (Å²) in [6, 6.07) is 37.2. The van der Waals surface area contributed by atoms with Crippen LogP contribution >= 0.6 is 15.9 Å². The number of halogens is 1. The zero-order valence-corrected chi connectivity index (χ0v) is 16.8. The minimum atomic E-state index is 0.993. The van der Waals surface area contributed by atoms with E-state index in [9.17, 15) is 0 Å². The van der Waals surface area contributed by atoms with Crippen molar-refractivity contribution in [1.29, 1.82) is 0 Å². The minimum absolute atomic E-state index is 0.993. The maximum absolute atomic E-state index is 3.45. The second-order valence-corrected chi connectivity index (χ2v) is 7.23. The highest BCUT2D eigenvalue weighted by Gasteiger charge is 2.11. The van der Waals surface area contributed by atoms with Crippen molar-refractivity contribution in [3.8, 4) is 11.8 Å². The van der Waals surface area contributed by atoms with Gasteiger partial charge in [-0.05, 0) is 72.8 Å². The maximum atomic E-state index is 3.45. The van der Waals surface area contributed by atoms with Crippen molar-refractivity contribution in [2.45, 2.75) is 0 Å². The van der Waals surface area contributed by atoms with Crippen molar-refractivity contribution in [3.63, 3.8) is 0 Å². The molecule has 0 atom stereocenters. The lowest BCUT2D eigenvalue weighted by molar-refractivity contribution is 1.28. The predicted octanol–water partition coefficient (Wildman–Crippen LogP) is 7.32. The van der Waals surface area contributed by atoms with E-state index >= 15 is 0 Å². The number of anilines is 3. The molecule has 1 nitrogen and oxygen atoms in total. The van der Waals surface area contributed by atoms with E-state index in [-0.39, 0.29) is 0 Å². The summed E-state index contributed by atoms with van der Waals surface area (Å²) in [6.45, 7) is 0. The second kappa shape index (κ2) is 8.61. The number of benzene rings is 4. The molecule has 0 amide bonds. The molecule has 4 rings (SSSR count). The third kappa shape index (κ3) is 4.34. The first-order chi connectivity index (χ1) is 13.8. The van der Waals surface area contributed by atoms with Crippen LogP contribution in [0, 0.1) is 11.8 Å². The highest BCUT2D eigenvalue weighted by molar-refractivity contribution is 9.10. The van der Waals surface area contributed by atoms with E-state index in [4.69, 9.17) is 0 Å². The average molecular weight is 424 g/mol. The molecular weight excluding hydrogens is 406 g/mol. The molecule has 0 heterocycles. The van der Waals surface area contributed by atoms with Gasteiger partial charge in [0.1, 0.15) is 0 Å². The number of hydrogen-bond acceptors (Lipinski definition) is 1. The normalized spacial score (nSPS) is 10.0. The Morgan fingerprint density at radius 3 is 1.32 bits per heavy atom. The molecule has 0 N–H and O–H groups in total. The number of rotatable bonds is 3. The predicted molar refractivity (Wildman–Crippen MR) is 121 cm³/mol. The van der Waals surface area contributed by atoms with Gasteiger partial charge in [0.2, 0.25) is 0 Å². The molecular formula is C26H18BrN. The SMILES string of the molecule is Brc1ccc(C#Cc2ccc(N(c3ccccc3)c3ccccc3)cc2)cc1. The Morgan fingerprint density at radius 1 is 0.464 bits per heavy atom. The molecule has 0 aliphatic carbocycles. The van der Waals surface area contributed by atoms with Gasteiger partial charge in [0, 0.05) is 32.7 Å². The van der Waals surface area contributed by atoms with Gasteiger partial charge < -0.3 is 4.90 Å². The van der Waals surface area contributed by atoms with Crippen LogP contribution in [0.15, 0.2) is 114 Å². The van der Waals surface area contributed by atoms with Crippen molar-refractivity contribution < 1.29 is 0 Å². The van der Waals surface area contributed by atoms with Gasteiger partial charge in [0.05, 0.1) is 0 Å². The Bertz CT molecular complexity index is 1050. The maximum Gasteiger partial charge on any atom is 0.0462 e. The van der Waals surface area contributed by atoms with Crippen LogP contribution in [0.4, 0.5) is 17.1 Å². The summed E-state index contributed by atoms with van der Waals surface area (Å²) in [4.78, 5) is 2.24. The highest BCUT2D eigenvalue weighted by atomic mass is 79.9. The Labute approximate surface area is 174 Å². The fourth-order valence-corrected chi connectivity index (χ4v) is 3.24. The third-order valence-electron chi connectivity index (χ3n) is 4.35. The van der Waals surface area contributed by atoms with E-state index in [2.05, 4.69) is 105 Å². The van der Waals surface area contributed by atoms with Gasteiger partial charge in [-0.2, -0.15) is 0 Å². The summed E-state index contributed by atoms with van der Waals surface area (Å²) in [7, 11) is 0. The largest absolute Gasteiger partial charge is 0.311 e. The molecule has 2 heteroatoms. The fourth-order valence-electron chi connectivity index (χ4n) is 2.97. The molecule has 0 aliphatic rings. The summed E-state index contributed by atoms with van der Waals surface area (Å²) in [5.74, 6) is 6.46. The van der Waals surface area contributed by atoms with E-state index in [1.54, 1.807) is 0 Å². The van der Waals surface area contributed by atoms with Crippen LogP contribution in [-0.2, 0) is 0 Å². The molecule has 134 valence electrons. The summed E-state index contributed by atoms with van der Waals surface area (Å²) >= 11 is 3.45. The molecule has 0 aliphatic heterocycles. The zero-order valence-electron chi connectivity index (χ0n) is 15.2. The van der Waals surface area contributed by atoms with Crippen LogP contribution in [0.25, 0.3) is 0 Å². The van der Waals surface area contributed by atoms with Crippen LogP contribution in [0.5, 0.6) is 0 Å². The van der Waals surface area contributed by atoms with Crippen molar-refractivity contribution in [1.82, 2.24) is 0 Å². The highest BCUT2D eigenvalue weighted by Crippen LogP contribution is 2.33. The second-order valence-electron chi connectivity index (χ2n) is 6.31. The van der Waals surface area contributed by atoms with Crippen LogP contribution in [0.3, 0.4) is 0 Å². The van der Waals surface area contributed by atoms with Gasteiger partial charge in [-0.25, -0.2) is 0 Å². The van der Waals surface area contributed by atoms with Crippen molar-refractivity contribution in [3.05, 3.63) is 125 Å². The van der Waals surface area contributed by atoms with Crippen molar-refractivity contribution in [2.24, 2.45) is 0 Å². The van der Waals surface area contributed by atoms with Crippen molar-refractivity contribution in [2.75, 3.05) is 4.90 Å². The molecule has 0 radical (unpaired) electrons. The van der Waals surface area contributed by atoms with Gasteiger partial charge in [0.25, 0.3) is 0 Å². The molecule has 4 aromatic carbocycles. The molecule has 0 spiro atoms. The molecule has 0 saturated carbocycles. The minimum Gasteiger partial charge on any atom is -0.311 e. The lowest BCUT2D eigenvalue weighted by Gasteiger charge is -2.25. The van der Waals surface area contributed by atoms with Gasteiger partial charge in [-0.3, -0.25) is 0 Å². The summed E-state index contributed by atoms with van der Waals surface area (Å²) in [5.41, 5.74) is 5.35. The van der Waals surface area contributed by atoms with Crippen molar-refractivity contribution >= 4 is 33.0 Å². The Morgan fingerprint density at radius 2 is 0.857 bits per heavy atom. The van der Waals surface area contributed by atoms with Gasteiger partial charge in [-0.15, -0.1) is 0 Å². The summed E-state index contributed by atoms with van der Waals surface area (Å²) < 4.78 is 1.06. The fraction of sp³-hybridized carbons (Fsp3) is 0. The summed E-state index contributed by atoms with van der Waals surface area (Å²) in [6.07, 6.45) is 0. The van der Waals surface area contributed by atoms with E-state index in [1.165, 1.54) is 0 Å². The lowest BCUT2D eigenvalue weighted by atomic mass is 10.1. The van der Waals surface area contributed by atoms with Gasteiger partial charge in [0.15, 0.2) is 0 Å². The van der Waals surface area contributed by atoms with Crippen LogP contribution in [-0.4, -0.2) is 0 Å². The smallest absolute Gasteiger partial charge is 0.0462 e. The molecule has 4 aromatic rings. The van der Waals surface area contributed by atoms with E-state index in [1.807, 2.05) is 36.4 Å². The van der Waals surface area contributed by atoms with Crippen LogP contribution in [0.1, 0.15) is 11.1 Å². The van der Waals surface area contributed by atoms with Crippen LogP contribution in [0.2, 0.25) is 0 Å². The average Bonchev–Trinajstić information content (AvgIpc) is 2.76. The summed E-state index contributed by atoms with van der Waals surface area (Å²) in [5, 5.41) is 0. The van der Waals surface area contributed by atoms with E-state index < -0.39 is 0 Å². The van der Waals surface area contributed by atoms with E-state index in [0.717, 1.165) is 32.7 Å². The topological polar surface area (TPSA) is 3.24 Å². The molecule has 0 bridgehead atoms. The molecule has 0 unspecified atom stereocenters.